The van der Waals surface area contributed by atoms with Gasteiger partial charge in [0.2, 0.25) is 0 Å². The Kier molecular flexibility index (Phi) is 4.85. The van der Waals surface area contributed by atoms with Crippen LogP contribution in [0.1, 0.15) is 43.6 Å². The first-order valence-electron chi connectivity index (χ1n) is 9.93. The van der Waals surface area contributed by atoms with Gasteiger partial charge in [0.25, 0.3) is 0 Å². The van der Waals surface area contributed by atoms with Crippen LogP contribution in [0.2, 0.25) is 0 Å². The molecule has 3 unspecified atom stereocenters. The molecule has 5 heteroatoms. The number of aliphatic imine (C=N–C) groups is 2. The summed E-state index contributed by atoms with van der Waals surface area (Å²) in [4.78, 5) is 16.1. The molecule has 3 atom stereocenters. The first kappa shape index (κ1) is 18.0. The van der Waals surface area contributed by atoms with Crippen molar-refractivity contribution in [2.75, 3.05) is 6.54 Å². The van der Waals surface area contributed by atoms with Gasteiger partial charge in [-0.3, -0.25) is 9.98 Å². The molecule has 142 valence electrons. The van der Waals surface area contributed by atoms with Gasteiger partial charge in [-0.05, 0) is 82.0 Å². The SMILES string of the molecule is CC1=NC2N=CC(C(C)N3C=C(Cc4cc(C)nc(C)c4)CCC3)=CC2N1. The first-order valence-corrected chi connectivity index (χ1v) is 9.93. The number of hydrogen-bond acceptors (Lipinski definition) is 5. The van der Waals surface area contributed by atoms with Crippen LogP contribution in [0.3, 0.4) is 0 Å². The average molecular weight is 364 g/mol. The highest BCUT2D eigenvalue weighted by Crippen LogP contribution is 2.25. The third kappa shape index (κ3) is 3.97. The highest BCUT2D eigenvalue weighted by atomic mass is 15.2. The zero-order chi connectivity index (χ0) is 19.0. The Hall–Kier alpha value is -2.43. The molecule has 0 bridgehead atoms. The van der Waals surface area contributed by atoms with Gasteiger partial charge < -0.3 is 10.2 Å². The Labute approximate surface area is 162 Å². The molecule has 3 aliphatic heterocycles. The van der Waals surface area contributed by atoms with Crippen LogP contribution in [-0.4, -0.2) is 46.7 Å². The summed E-state index contributed by atoms with van der Waals surface area (Å²) in [5.74, 6) is 0.982. The zero-order valence-electron chi connectivity index (χ0n) is 16.7. The van der Waals surface area contributed by atoms with Crippen LogP contribution in [0.5, 0.6) is 0 Å². The minimum atomic E-state index is 0.0200. The van der Waals surface area contributed by atoms with E-state index in [0.29, 0.717) is 6.04 Å². The number of fused-ring (bicyclic) bond motifs is 1. The van der Waals surface area contributed by atoms with E-state index in [1.807, 2.05) is 13.1 Å². The van der Waals surface area contributed by atoms with E-state index in [4.69, 9.17) is 0 Å². The van der Waals surface area contributed by atoms with Crippen LogP contribution in [0.15, 0.2) is 45.5 Å². The molecule has 1 aromatic rings. The number of allylic oxidation sites excluding steroid dienone is 1. The molecular formula is C22H29N5. The molecule has 0 amide bonds. The molecule has 0 fully saturated rings. The van der Waals surface area contributed by atoms with Crippen LogP contribution < -0.4 is 5.32 Å². The lowest BCUT2D eigenvalue weighted by atomic mass is 9.96. The number of amidine groups is 1. The molecule has 4 heterocycles. The number of aryl methyl sites for hydroxylation is 2. The molecule has 5 nitrogen and oxygen atoms in total. The second-order valence-electron chi connectivity index (χ2n) is 7.98. The van der Waals surface area contributed by atoms with Crippen LogP contribution in [0, 0.1) is 13.8 Å². The van der Waals surface area contributed by atoms with E-state index in [9.17, 15) is 0 Å². The van der Waals surface area contributed by atoms with Gasteiger partial charge in [-0.25, -0.2) is 4.99 Å². The summed E-state index contributed by atoms with van der Waals surface area (Å²) < 4.78 is 0. The van der Waals surface area contributed by atoms with E-state index >= 15 is 0 Å². The first-order chi connectivity index (χ1) is 13.0. The topological polar surface area (TPSA) is 52.9 Å². The lowest BCUT2D eigenvalue weighted by molar-refractivity contribution is 0.305. The minimum absolute atomic E-state index is 0.0200. The number of aromatic nitrogens is 1. The van der Waals surface area contributed by atoms with Crippen molar-refractivity contribution in [1.29, 1.82) is 0 Å². The largest absolute Gasteiger partial charge is 0.371 e. The summed E-state index contributed by atoms with van der Waals surface area (Å²) in [7, 11) is 0. The second kappa shape index (κ2) is 7.29. The molecule has 0 aromatic carbocycles. The van der Waals surface area contributed by atoms with E-state index in [2.05, 4.69) is 70.4 Å². The quantitative estimate of drug-likeness (QED) is 0.893. The van der Waals surface area contributed by atoms with Crippen molar-refractivity contribution in [2.24, 2.45) is 9.98 Å². The number of nitrogens with zero attached hydrogens (tertiary/aromatic N) is 4. The molecule has 0 saturated carbocycles. The van der Waals surface area contributed by atoms with E-state index in [0.717, 1.165) is 30.2 Å². The molecule has 0 spiro atoms. The third-order valence-corrected chi connectivity index (χ3v) is 5.59. The van der Waals surface area contributed by atoms with E-state index in [1.165, 1.54) is 29.6 Å². The van der Waals surface area contributed by atoms with E-state index in [1.54, 1.807) is 0 Å². The van der Waals surface area contributed by atoms with Gasteiger partial charge in [0, 0.05) is 24.1 Å². The van der Waals surface area contributed by atoms with Crippen molar-refractivity contribution in [1.82, 2.24) is 15.2 Å². The Morgan fingerprint density at radius 1 is 1.22 bits per heavy atom. The third-order valence-electron chi connectivity index (χ3n) is 5.59. The highest BCUT2D eigenvalue weighted by Gasteiger charge is 2.29. The van der Waals surface area contributed by atoms with Gasteiger partial charge in [0.05, 0.1) is 17.9 Å². The lowest BCUT2D eigenvalue weighted by Gasteiger charge is -2.34. The molecule has 3 aliphatic rings. The van der Waals surface area contributed by atoms with Crippen LogP contribution >= 0.6 is 0 Å². The zero-order valence-corrected chi connectivity index (χ0v) is 16.7. The van der Waals surface area contributed by atoms with Crippen molar-refractivity contribution in [3.05, 3.63) is 52.5 Å². The second-order valence-corrected chi connectivity index (χ2v) is 7.98. The highest BCUT2D eigenvalue weighted by molar-refractivity contribution is 5.86. The van der Waals surface area contributed by atoms with Gasteiger partial charge in [0.1, 0.15) is 0 Å². The standard InChI is InChI=1S/C22H29N5/c1-14-8-19(9-15(2)24-14)10-18-6-5-7-27(13-18)16(3)20-11-21-22(23-12-20)26-17(4)25-21/h8-9,11-13,16,21-22H,5-7,10H2,1-4H3,(H,25,26). The maximum absolute atomic E-state index is 4.65. The van der Waals surface area contributed by atoms with Crippen molar-refractivity contribution < 1.29 is 0 Å². The summed E-state index contributed by atoms with van der Waals surface area (Å²) in [6, 6.07) is 4.96. The lowest BCUT2D eigenvalue weighted by Crippen LogP contribution is -2.39. The molecular weight excluding hydrogens is 334 g/mol. The van der Waals surface area contributed by atoms with Gasteiger partial charge in [-0.1, -0.05) is 6.08 Å². The summed E-state index contributed by atoms with van der Waals surface area (Å²) >= 11 is 0. The Morgan fingerprint density at radius 2 is 2.00 bits per heavy atom. The number of nitrogens with one attached hydrogen (secondary N) is 1. The van der Waals surface area contributed by atoms with Gasteiger partial charge in [-0.2, -0.15) is 0 Å². The van der Waals surface area contributed by atoms with Crippen LogP contribution in [0.25, 0.3) is 0 Å². The predicted molar refractivity (Wildman–Crippen MR) is 111 cm³/mol. The molecule has 0 radical (unpaired) electrons. The number of pyridine rings is 1. The molecule has 4 rings (SSSR count). The van der Waals surface area contributed by atoms with Crippen molar-refractivity contribution >= 4 is 12.1 Å². The maximum atomic E-state index is 4.65. The normalized spacial score (nSPS) is 25.3. The Morgan fingerprint density at radius 3 is 2.78 bits per heavy atom. The summed E-state index contributed by atoms with van der Waals surface area (Å²) in [6.07, 6.45) is 10.1. The Balaban J connectivity index is 1.48. The fourth-order valence-corrected chi connectivity index (χ4v) is 4.31. The van der Waals surface area contributed by atoms with E-state index < -0.39 is 0 Å². The summed E-state index contributed by atoms with van der Waals surface area (Å²) in [6.45, 7) is 9.53. The molecule has 0 aliphatic carbocycles. The van der Waals surface area contributed by atoms with Gasteiger partial charge in [-0.15, -0.1) is 0 Å². The fourth-order valence-electron chi connectivity index (χ4n) is 4.31. The summed E-state index contributed by atoms with van der Waals surface area (Å²) in [5, 5.41) is 3.42. The monoisotopic (exact) mass is 363 g/mol. The fraction of sp³-hybridized carbons (Fsp3) is 0.500. The van der Waals surface area contributed by atoms with Crippen molar-refractivity contribution in [2.45, 2.75) is 65.2 Å². The molecule has 0 saturated heterocycles. The Bertz CT molecular complexity index is 828. The van der Waals surface area contributed by atoms with Crippen molar-refractivity contribution in [3.8, 4) is 0 Å². The van der Waals surface area contributed by atoms with Crippen molar-refractivity contribution in [3.63, 3.8) is 0 Å². The van der Waals surface area contributed by atoms with Crippen LogP contribution in [-0.2, 0) is 6.42 Å². The molecule has 27 heavy (non-hydrogen) atoms. The minimum Gasteiger partial charge on any atom is -0.371 e. The van der Waals surface area contributed by atoms with Gasteiger partial charge >= 0.3 is 0 Å². The van der Waals surface area contributed by atoms with Gasteiger partial charge in [0.15, 0.2) is 6.17 Å². The predicted octanol–water partition coefficient (Wildman–Crippen LogP) is 3.34. The molecule has 1 aromatic heterocycles. The maximum Gasteiger partial charge on any atom is 0.165 e. The number of hydrogen-bond donors (Lipinski definition) is 1. The average Bonchev–Trinajstić information content (AvgIpc) is 2.99. The van der Waals surface area contributed by atoms with E-state index in [-0.39, 0.29) is 12.2 Å². The summed E-state index contributed by atoms with van der Waals surface area (Å²) in [5.41, 5.74) is 6.35. The number of rotatable bonds is 4. The van der Waals surface area contributed by atoms with Crippen LogP contribution in [0.4, 0.5) is 0 Å². The smallest absolute Gasteiger partial charge is 0.165 e. The number of dihydropyridines is 1. The molecule has 1 N–H and O–H groups in total.